The van der Waals surface area contributed by atoms with Crippen LogP contribution >= 0.6 is 53.7 Å². The number of methoxy groups -OCH3 is 2. The Morgan fingerprint density at radius 2 is 2.00 bits per heavy atom. The quantitative estimate of drug-likeness (QED) is 0.145. The predicted octanol–water partition coefficient (Wildman–Crippen LogP) is 6.13. The van der Waals surface area contributed by atoms with E-state index in [9.17, 15) is 0 Å². The normalized spacial score (nSPS) is 14.6. The lowest BCUT2D eigenvalue weighted by Crippen LogP contribution is -2.31. The number of ether oxygens (including phenoxy) is 3. The highest BCUT2D eigenvalue weighted by Gasteiger charge is 2.30. The van der Waals surface area contributed by atoms with Gasteiger partial charge in [-0.2, -0.15) is 0 Å². The van der Waals surface area contributed by atoms with Gasteiger partial charge >= 0.3 is 0 Å². The van der Waals surface area contributed by atoms with Crippen LogP contribution in [0.15, 0.2) is 53.3 Å². The Labute approximate surface area is 239 Å². The topological polar surface area (TPSA) is 87.7 Å². The number of benzene rings is 1. The predicted molar refractivity (Wildman–Crippen MR) is 156 cm³/mol. The van der Waals surface area contributed by atoms with Gasteiger partial charge in [0.15, 0.2) is 5.76 Å². The molecule has 0 radical (unpaired) electrons. The Hall–Kier alpha value is -2.29. The maximum atomic E-state index is 6.10. The van der Waals surface area contributed by atoms with Crippen molar-refractivity contribution in [1.82, 2.24) is 19.7 Å². The SMILES string of the molecule is COc1cccc(OC)c1-n1c(-c2ccco2)nnc1N(CCSI)SC1COc2cc(Cl)cnc2C1. The molecular weight excluding hydrogens is 649 g/mol. The molecule has 37 heavy (non-hydrogen) atoms. The van der Waals surface area contributed by atoms with Crippen molar-refractivity contribution in [1.29, 1.82) is 0 Å². The number of furan rings is 1. The highest BCUT2D eigenvalue weighted by Crippen LogP contribution is 2.41. The lowest BCUT2D eigenvalue weighted by atomic mass is 10.1. The summed E-state index contributed by atoms with van der Waals surface area (Å²) >= 11 is 10.1. The van der Waals surface area contributed by atoms with Crippen LogP contribution in [0.5, 0.6) is 17.2 Å². The molecule has 0 bridgehead atoms. The molecule has 0 amide bonds. The Morgan fingerprint density at radius 3 is 2.70 bits per heavy atom. The summed E-state index contributed by atoms with van der Waals surface area (Å²) in [5, 5.41) is 9.85. The number of fused-ring (bicyclic) bond motifs is 1. The molecule has 0 saturated carbocycles. The fourth-order valence-corrected chi connectivity index (χ4v) is 6.25. The molecule has 4 heterocycles. The number of halogens is 2. The molecule has 1 aliphatic rings. The van der Waals surface area contributed by atoms with E-state index in [1.54, 1.807) is 47.6 Å². The average molecular weight is 672 g/mol. The molecular formula is C24H23ClIN5O4S2. The van der Waals surface area contributed by atoms with Crippen molar-refractivity contribution in [2.24, 2.45) is 0 Å². The average Bonchev–Trinajstić information content (AvgIpc) is 3.60. The molecule has 0 N–H and O–H groups in total. The molecule has 5 rings (SSSR count). The lowest BCUT2D eigenvalue weighted by Gasteiger charge is -2.30. The molecule has 13 heteroatoms. The minimum absolute atomic E-state index is 0.108. The van der Waals surface area contributed by atoms with E-state index in [0.717, 1.165) is 23.6 Å². The summed E-state index contributed by atoms with van der Waals surface area (Å²) in [5.74, 6) is 4.60. The van der Waals surface area contributed by atoms with Gasteiger partial charge in [0.2, 0.25) is 11.8 Å². The zero-order chi connectivity index (χ0) is 25.8. The Kier molecular flexibility index (Phi) is 8.57. The Balaban J connectivity index is 1.57. The standard InChI is InChI=1S/C24H23ClIN5O4S2/c1-32-18-5-3-6-19(33-2)22(18)31-23(20-7-4-9-34-20)28-29-24(31)30(8-10-36-26)37-16-12-17-21(35-14-16)11-15(25)13-27-17/h3-7,9,11,13,16H,8,10,12,14H2,1-2H3. The minimum atomic E-state index is 0.108. The first-order chi connectivity index (χ1) is 18.1. The number of pyridine rings is 1. The first-order valence-corrected chi connectivity index (χ1v) is 16.0. The van der Waals surface area contributed by atoms with Gasteiger partial charge in [-0.15, -0.1) is 10.2 Å². The maximum Gasteiger partial charge on any atom is 0.242 e. The maximum absolute atomic E-state index is 6.10. The van der Waals surface area contributed by atoms with Gasteiger partial charge in [-0.1, -0.05) is 26.6 Å². The third kappa shape index (κ3) is 5.61. The summed E-state index contributed by atoms with van der Waals surface area (Å²) in [4.78, 5) is 4.49. The summed E-state index contributed by atoms with van der Waals surface area (Å²) in [5.41, 5.74) is 1.58. The molecule has 1 aliphatic heterocycles. The molecule has 0 saturated heterocycles. The number of nitrogens with zero attached hydrogens (tertiary/aromatic N) is 5. The first kappa shape index (κ1) is 26.3. The zero-order valence-electron chi connectivity index (χ0n) is 20.0. The van der Waals surface area contributed by atoms with E-state index >= 15 is 0 Å². The summed E-state index contributed by atoms with van der Waals surface area (Å²) in [6.07, 6.45) is 4.01. The van der Waals surface area contributed by atoms with E-state index in [4.69, 9.17) is 30.2 Å². The Morgan fingerprint density at radius 1 is 1.19 bits per heavy atom. The molecule has 3 aromatic heterocycles. The van der Waals surface area contributed by atoms with E-state index in [-0.39, 0.29) is 5.25 Å². The minimum Gasteiger partial charge on any atom is -0.494 e. The van der Waals surface area contributed by atoms with Gasteiger partial charge in [-0.05, 0) is 57.4 Å². The van der Waals surface area contributed by atoms with Gasteiger partial charge in [0.25, 0.3) is 0 Å². The van der Waals surface area contributed by atoms with Crippen LogP contribution in [0.2, 0.25) is 5.02 Å². The van der Waals surface area contributed by atoms with Crippen LogP contribution < -0.4 is 18.5 Å². The molecule has 0 aliphatic carbocycles. The van der Waals surface area contributed by atoms with Crippen molar-refractivity contribution in [3.63, 3.8) is 0 Å². The van der Waals surface area contributed by atoms with E-state index in [1.807, 2.05) is 41.0 Å². The summed E-state index contributed by atoms with van der Waals surface area (Å²) < 4.78 is 27.3. The van der Waals surface area contributed by atoms with Gasteiger partial charge in [0.1, 0.15) is 29.5 Å². The van der Waals surface area contributed by atoms with Crippen LogP contribution in [0.3, 0.4) is 0 Å². The second kappa shape index (κ2) is 12.0. The van der Waals surface area contributed by atoms with Crippen molar-refractivity contribution in [3.8, 4) is 34.5 Å². The third-order valence-electron chi connectivity index (χ3n) is 5.63. The first-order valence-electron chi connectivity index (χ1n) is 11.3. The van der Waals surface area contributed by atoms with Crippen LogP contribution in [0.1, 0.15) is 5.69 Å². The van der Waals surface area contributed by atoms with Gasteiger partial charge < -0.3 is 18.6 Å². The van der Waals surface area contributed by atoms with Crippen molar-refractivity contribution >= 4 is 59.6 Å². The number of para-hydroxylation sites is 1. The third-order valence-corrected chi connectivity index (χ3v) is 8.69. The largest absolute Gasteiger partial charge is 0.494 e. The molecule has 194 valence electrons. The summed E-state index contributed by atoms with van der Waals surface area (Å²) in [6.45, 7) is 1.23. The van der Waals surface area contributed by atoms with Crippen molar-refractivity contribution in [2.45, 2.75) is 11.7 Å². The highest BCUT2D eigenvalue weighted by molar-refractivity contribution is 14.2. The molecule has 4 aromatic rings. The van der Waals surface area contributed by atoms with Gasteiger partial charge in [-0.25, -0.2) is 0 Å². The molecule has 0 fully saturated rings. The highest BCUT2D eigenvalue weighted by atomic mass is 127. The number of aromatic nitrogens is 4. The molecule has 1 aromatic carbocycles. The summed E-state index contributed by atoms with van der Waals surface area (Å²) in [7, 11) is 4.99. The monoisotopic (exact) mass is 671 g/mol. The fraction of sp³-hybridized carbons (Fsp3) is 0.292. The second-order valence-corrected chi connectivity index (χ2v) is 12.2. The van der Waals surface area contributed by atoms with E-state index in [0.29, 0.717) is 52.9 Å². The van der Waals surface area contributed by atoms with E-state index < -0.39 is 0 Å². The number of anilines is 1. The smallest absolute Gasteiger partial charge is 0.242 e. The van der Waals surface area contributed by atoms with Crippen LogP contribution in [0.25, 0.3) is 17.3 Å². The summed E-state index contributed by atoms with van der Waals surface area (Å²) in [6, 6.07) is 11.1. The molecule has 1 unspecified atom stereocenters. The lowest BCUT2D eigenvalue weighted by molar-refractivity contribution is 0.291. The zero-order valence-corrected chi connectivity index (χ0v) is 24.5. The van der Waals surface area contributed by atoms with Gasteiger partial charge in [-0.3, -0.25) is 13.9 Å². The van der Waals surface area contributed by atoms with Crippen molar-refractivity contribution in [3.05, 3.63) is 59.6 Å². The molecule has 0 spiro atoms. The fourth-order valence-electron chi connectivity index (χ4n) is 4.01. The van der Waals surface area contributed by atoms with E-state index in [1.165, 1.54) is 0 Å². The van der Waals surface area contributed by atoms with E-state index in [2.05, 4.69) is 40.7 Å². The number of hydrogen-bond acceptors (Lipinski definition) is 10. The number of hydrogen-bond donors (Lipinski definition) is 0. The van der Waals surface area contributed by atoms with Crippen molar-refractivity contribution < 1.29 is 18.6 Å². The van der Waals surface area contributed by atoms with Crippen LogP contribution in [-0.4, -0.2) is 58.1 Å². The second-order valence-electron chi connectivity index (χ2n) is 7.90. The number of rotatable bonds is 10. The van der Waals surface area contributed by atoms with Gasteiger partial charge in [0.05, 0.1) is 36.4 Å². The molecule has 9 nitrogen and oxygen atoms in total. The van der Waals surface area contributed by atoms with Crippen molar-refractivity contribution in [2.75, 3.05) is 37.4 Å². The van der Waals surface area contributed by atoms with Crippen LogP contribution in [-0.2, 0) is 6.42 Å². The van der Waals surface area contributed by atoms with Gasteiger partial charge in [0, 0.05) is 31.0 Å². The van der Waals surface area contributed by atoms with Crippen LogP contribution in [0, 0.1) is 0 Å². The van der Waals surface area contributed by atoms with Crippen LogP contribution in [0.4, 0.5) is 5.95 Å². The Bertz CT molecular complexity index is 1330. The molecule has 1 atom stereocenters.